The van der Waals surface area contributed by atoms with Gasteiger partial charge in [-0.25, -0.2) is 13.1 Å². The fourth-order valence-corrected chi connectivity index (χ4v) is 3.44. The second-order valence-electron chi connectivity index (χ2n) is 6.65. The number of hydrogen-bond donors (Lipinski definition) is 3. The van der Waals surface area contributed by atoms with E-state index in [9.17, 15) is 18.3 Å². The molecule has 8 heteroatoms. The van der Waals surface area contributed by atoms with Gasteiger partial charge in [-0.3, -0.25) is 4.79 Å². The molecule has 0 aromatic heterocycles. The summed E-state index contributed by atoms with van der Waals surface area (Å²) in [6.45, 7) is 4.40. The molecule has 1 aromatic carbocycles. The van der Waals surface area contributed by atoms with Crippen LogP contribution < -0.4 is 10.0 Å². The highest BCUT2D eigenvalue weighted by Gasteiger charge is 2.21. The van der Waals surface area contributed by atoms with Crippen molar-refractivity contribution < 1.29 is 23.1 Å². The fourth-order valence-electron chi connectivity index (χ4n) is 2.19. The highest BCUT2D eigenvalue weighted by molar-refractivity contribution is 7.89. The van der Waals surface area contributed by atoms with Crippen LogP contribution in [0.4, 0.5) is 0 Å². The summed E-state index contributed by atoms with van der Waals surface area (Å²) < 4.78 is 31.9. The maximum atomic E-state index is 12.1. The number of rotatable bonds is 10. The number of benzene rings is 1. The SMILES string of the molecule is CC(C)NS(=O)(=O)c1ccc(C(=O)NCC(O)COCC2CC2)cc1. The molecule has 1 saturated carbocycles. The first-order chi connectivity index (χ1) is 11.8. The third-order valence-corrected chi connectivity index (χ3v) is 5.35. The highest BCUT2D eigenvalue weighted by atomic mass is 32.2. The summed E-state index contributed by atoms with van der Waals surface area (Å²) in [4.78, 5) is 12.2. The Labute approximate surface area is 148 Å². The third-order valence-electron chi connectivity index (χ3n) is 3.68. The number of amides is 1. The number of carbonyl (C=O) groups is 1. The lowest BCUT2D eigenvalue weighted by atomic mass is 10.2. The average molecular weight is 370 g/mol. The molecule has 25 heavy (non-hydrogen) atoms. The standard InChI is InChI=1S/C17H26N2O5S/c1-12(2)19-25(22,23)16-7-5-14(6-8-16)17(21)18-9-15(20)11-24-10-13-3-4-13/h5-8,12-13,15,19-20H,3-4,9-11H2,1-2H3,(H,18,21). The van der Waals surface area contributed by atoms with Crippen LogP contribution in [-0.4, -0.2) is 51.3 Å². The minimum atomic E-state index is -3.58. The zero-order valence-corrected chi connectivity index (χ0v) is 15.4. The van der Waals surface area contributed by atoms with Crippen LogP contribution in [0.5, 0.6) is 0 Å². The average Bonchev–Trinajstić information content (AvgIpc) is 3.36. The van der Waals surface area contributed by atoms with Gasteiger partial charge in [0.1, 0.15) is 0 Å². The number of nitrogens with one attached hydrogen (secondary N) is 2. The quantitative estimate of drug-likeness (QED) is 0.567. The van der Waals surface area contributed by atoms with Crippen molar-refractivity contribution in [3.05, 3.63) is 29.8 Å². The van der Waals surface area contributed by atoms with Crippen molar-refractivity contribution in [2.24, 2.45) is 5.92 Å². The molecule has 1 amide bonds. The van der Waals surface area contributed by atoms with Gasteiger partial charge in [-0.1, -0.05) is 0 Å². The Morgan fingerprint density at radius 3 is 2.48 bits per heavy atom. The molecule has 1 fully saturated rings. The van der Waals surface area contributed by atoms with E-state index in [1.54, 1.807) is 13.8 Å². The Morgan fingerprint density at radius 1 is 1.28 bits per heavy atom. The van der Waals surface area contributed by atoms with Gasteiger partial charge < -0.3 is 15.2 Å². The smallest absolute Gasteiger partial charge is 0.251 e. The van der Waals surface area contributed by atoms with Crippen molar-refractivity contribution >= 4 is 15.9 Å². The largest absolute Gasteiger partial charge is 0.389 e. The first-order valence-electron chi connectivity index (χ1n) is 8.44. The highest BCUT2D eigenvalue weighted by Crippen LogP contribution is 2.28. The van der Waals surface area contributed by atoms with Crippen molar-refractivity contribution in [1.82, 2.24) is 10.0 Å². The van der Waals surface area contributed by atoms with Crippen LogP contribution in [-0.2, 0) is 14.8 Å². The first kappa shape index (κ1) is 19.8. The predicted molar refractivity (Wildman–Crippen MR) is 93.8 cm³/mol. The minimum Gasteiger partial charge on any atom is -0.389 e. The van der Waals surface area contributed by atoms with Crippen molar-refractivity contribution in [2.75, 3.05) is 19.8 Å². The van der Waals surface area contributed by atoms with Gasteiger partial charge in [0, 0.05) is 24.8 Å². The van der Waals surface area contributed by atoms with Gasteiger partial charge in [-0.05, 0) is 56.9 Å². The summed E-state index contributed by atoms with van der Waals surface area (Å²) in [5.41, 5.74) is 0.328. The van der Waals surface area contributed by atoms with Crippen LogP contribution in [0.3, 0.4) is 0 Å². The molecule has 0 bridgehead atoms. The van der Waals surface area contributed by atoms with Gasteiger partial charge in [0.25, 0.3) is 5.91 Å². The number of aliphatic hydroxyl groups excluding tert-OH is 1. The maximum Gasteiger partial charge on any atom is 0.251 e. The van der Waals surface area contributed by atoms with Gasteiger partial charge in [0.15, 0.2) is 0 Å². The molecule has 0 radical (unpaired) electrons. The van der Waals surface area contributed by atoms with E-state index < -0.39 is 16.1 Å². The molecule has 1 aromatic rings. The monoisotopic (exact) mass is 370 g/mol. The molecule has 0 saturated heterocycles. The summed E-state index contributed by atoms with van der Waals surface area (Å²) in [6, 6.07) is 5.45. The second kappa shape index (κ2) is 8.75. The normalized spacial score (nSPS) is 16.0. The Balaban J connectivity index is 1.81. The van der Waals surface area contributed by atoms with Gasteiger partial charge in [-0.2, -0.15) is 0 Å². The molecule has 0 aliphatic heterocycles. The topological polar surface area (TPSA) is 105 Å². The van der Waals surface area contributed by atoms with E-state index in [1.807, 2.05) is 0 Å². The van der Waals surface area contributed by atoms with E-state index in [-0.39, 0.29) is 30.0 Å². The van der Waals surface area contributed by atoms with E-state index in [1.165, 1.54) is 37.1 Å². The molecule has 1 aliphatic carbocycles. The van der Waals surface area contributed by atoms with Gasteiger partial charge in [0.2, 0.25) is 10.0 Å². The molecule has 140 valence electrons. The fraction of sp³-hybridized carbons (Fsp3) is 0.588. The maximum absolute atomic E-state index is 12.1. The Hall–Kier alpha value is -1.48. The summed E-state index contributed by atoms with van der Waals surface area (Å²) >= 11 is 0. The Morgan fingerprint density at radius 2 is 1.92 bits per heavy atom. The van der Waals surface area contributed by atoms with Crippen molar-refractivity contribution in [3.63, 3.8) is 0 Å². The number of hydrogen-bond acceptors (Lipinski definition) is 5. The molecule has 1 atom stereocenters. The van der Waals surface area contributed by atoms with Crippen LogP contribution in [0.2, 0.25) is 0 Å². The predicted octanol–water partition coefficient (Wildman–Crippen LogP) is 0.891. The molecule has 2 rings (SSSR count). The van der Waals surface area contributed by atoms with E-state index in [0.29, 0.717) is 18.1 Å². The minimum absolute atomic E-state index is 0.0818. The summed E-state index contributed by atoms with van der Waals surface area (Å²) in [5.74, 6) is 0.253. The van der Waals surface area contributed by atoms with Crippen molar-refractivity contribution in [3.8, 4) is 0 Å². The summed E-state index contributed by atoms with van der Waals surface area (Å²) in [6.07, 6.45) is 1.61. The van der Waals surface area contributed by atoms with Crippen LogP contribution in [0, 0.1) is 5.92 Å². The molecular weight excluding hydrogens is 344 g/mol. The zero-order chi connectivity index (χ0) is 18.4. The Kier molecular flexibility index (Phi) is 6.95. The number of aliphatic hydroxyl groups is 1. The third kappa shape index (κ3) is 6.74. The van der Waals surface area contributed by atoms with E-state index in [2.05, 4.69) is 10.0 Å². The number of sulfonamides is 1. The summed E-state index contributed by atoms with van der Waals surface area (Å²) in [7, 11) is -3.58. The molecule has 0 heterocycles. The van der Waals surface area contributed by atoms with Crippen LogP contribution in [0.1, 0.15) is 37.0 Å². The van der Waals surface area contributed by atoms with E-state index in [4.69, 9.17) is 4.74 Å². The van der Waals surface area contributed by atoms with Gasteiger partial charge in [-0.15, -0.1) is 0 Å². The molecular formula is C17H26N2O5S. The first-order valence-corrected chi connectivity index (χ1v) is 9.92. The van der Waals surface area contributed by atoms with Crippen molar-refractivity contribution in [2.45, 2.75) is 43.7 Å². The van der Waals surface area contributed by atoms with Crippen LogP contribution in [0.25, 0.3) is 0 Å². The molecule has 0 spiro atoms. The molecule has 1 unspecified atom stereocenters. The molecule has 7 nitrogen and oxygen atoms in total. The van der Waals surface area contributed by atoms with Crippen LogP contribution in [0.15, 0.2) is 29.2 Å². The zero-order valence-electron chi connectivity index (χ0n) is 14.6. The number of ether oxygens (including phenoxy) is 1. The molecule has 3 N–H and O–H groups in total. The Bertz CT molecular complexity index is 669. The molecule has 1 aliphatic rings. The lowest BCUT2D eigenvalue weighted by Gasteiger charge is -2.13. The second-order valence-corrected chi connectivity index (χ2v) is 8.36. The van der Waals surface area contributed by atoms with Gasteiger partial charge in [0.05, 0.1) is 17.6 Å². The lowest BCUT2D eigenvalue weighted by molar-refractivity contribution is 0.0320. The van der Waals surface area contributed by atoms with E-state index in [0.717, 1.165) is 0 Å². The van der Waals surface area contributed by atoms with Crippen molar-refractivity contribution in [1.29, 1.82) is 0 Å². The van der Waals surface area contributed by atoms with Gasteiger partial charge >= 0.3 is 0 Å². The number of carbonyl (C=O) groups excluding carboxylic acids is 1. The summed E-state index contributed by atoms with van der Waals surface area (Å²) in [5, 5.41) is 12.4. The van der Waals surface area contributed by atoms with Crippen LogP contribution >= 0.6 is 0 Å². The van der Waals surface area contributed by atoms with E-state index >= 15 is 0 Å². The lowest BCUT2D eigenvalue weighted by Crippen LogP contribution is -2.34.